The van der Waals surface area contributed by atoms with Crippen LogP contribution >= 0.6 is 11.3 Å². The Morgan fingerprint density at radius 1 is 1.04 bits per heavy atom. The van der Waals surface area contributed by atoms with Gasteiger partial charge in [-0.1, -0.05) is 48.0 Å². The molecule has 1 heterocycles. The Morgan fingerprint density at radius 2 is 1.79 bits per heavy atom. The summed E-state index contributed by atoms with van der Waals surface area (Å²) in [6.45, 7) is 5.49. The quantitative estimate of drug-likeness (QED) is 0.597. The number of quaternary nitrogens is 1. The topological polar surface area (TPSA) is 62.8 Å². The zero-order valence-electron chi connectivity index (χ0n) is 16.3. The summed E-state index contributed by atoms with van der Waals surface area (Å²) in [6.07, 6.45) is 0. The molecule has 1 amide bonds. The Morgan fingerprint density at radius 3 is 2.43 bits per heavy atom. The van der Waals surface area contributed by atoms with Crippen molar-refractivity contribution in [2.75, 3.05) is 5.32 Å². The van der Waals surface area contributed by atoms with Crippen molar-refractivity contribution in [2.24, 2.45) is 0 Å². The summed E-state index contributed by atoms with van der Waals surface area (Å²) < 4.78 is 0. The van der Waals surface area contributed by atoms with E-state index in [1.165, 1.54) is 22.9 Å². The zero-order valence-corrected chi connectivity index (χ0v) is 17.1. The lowest BCUT2D eigenvalue weighted by atomic mass is 10.0. The van der Waals surface area contributed by atoms with Gasteiger partial charge in [0.25, 0.3) is 5.91 Å². The van der Waals surface area contributed by atoms with E-state index in [1.807, 2.05) is 13.0 Å². The molecule has 0 spiro atoms. The van der Waals surface area contributed by atoms with E-state index in [0.29, 0.717) is 11.3 Å². The SMILES string of the molecule is CC(=O)c1cccc(NC(=O)[C@H](C)[NH2+][C@@H](c2ccc(C)cc2)c2cccs2)c1. The fourth-order valence-corrected chi connectivity index (χ4v) is 3.89. The minimum Gasteiger partial charge on any atom is -0.326 e. The fraction of sp³-hybridized carbons (Fsp3) is 0.217. The normalized spacial score (nSPS) is 13.0. The lowest BCUT2D eigenvalue weighted by Crippen LogP contribution is -2.92. The van der Waals surface area contributed by atoms with Gasteiger partial charge in [0.1, 0.15) is 6.04 Å². The maximum atomic E-state index is 12.8. The minimum absolute atomic E-state index is 0.0205. The first-order valence-corrected chi connectivity index (χ1v) is 10.2. The van der Waals surface area contributed by atoms with Gasteiger partial charge in [0.05, 0.1) is 4.88 Å². The smallest absolute Gasteiger partial charge is 0.282 e. The zero-order chi connectivity index (χ0) is 20.1. The molecule has 144 valence electrons. The predicted molar refractivity (Wildman–Crippen MR) is 114 cm³/mol. The maximum absolute atomic E-state index is 12.8. The van der Waals surface area contributed by atoms with Crippen molar-refractivity contribution in [1.82, 2.24) is 0 Å². The van der Waals surface area contributed by atoms with Gasteiger partial charge in [0, 0.05) is 16.8 Å². The molecule has 0 aliphatic carbocycles. The summed E-state index contributed by atoms with van der Waals surface area (Å²) in [7, 11) is 0. The second-order valence-electron chi connectivity index (χ2n) is 7.01. The van der Waals surface area contributed by atoms with Gasteiger partial charge in [0.2, 0.25) is 0 Å². The molecule has 0 unspecified atom stereocenters. The third-order valence-electron chi connectivity index (χ3n) is 4.72. The molecule has 0 fully saturated rings. The van der Waals surface area contributed by atoms with Crippen molar-refractivity contribution in [2.45, 2.75) is 32.9 Å². The van der Waals surface area contributed by atoms with Crippen LogP contribution in [-0.2, 0) is 4.79 Å². The summed E-state index contributed by atoms with van der Waals surface area (Å²) in [5.41, 5.74) is 3.61. The Balaban J connectivity index is 1.75. The number of hydrogen-bond acceptors (Lipinski definition) is 3. The average molecular weight is 394 g/mol. The minimum atomic E-state index is -0.297. The molecule has 3 aromatic rings. The monoisotopic (exact) mass is 393 g/mol. The van der Waals surface area contributed by atoms with Crippen LogP contribution in [0.3, 0.4) is 0 Å². The van der Waals surface area contributed by atoms with Crippen molar-refractivity contribution < 1.29 is 14.9 Å². The Kier molecular flexibility index (Phi) is 6.39. The Hall–Kier alpha value is -2.76. The molecule has 1 aromatic heterocycles. The molecule has 5 heteroatoms. The van der Waals surface area contributed by atoms with Gasteiger partial charge in [-0.2, -0.15) is 0 Å². The van der Waals surface area contributed by atoms with Gasteiger partial charge in [-0.15, -0.1) is 11.3 Å². The van der Waals surface area contributed by atoms with Gasteiger partial charge in [0.15, 0.2) is 11.8 Å². The van der Waals surface area contributed by atoms with Crippen molar-refractivity contribution >= 4 is 28.7 Å². The van der Waals surface area contributed by atoms with Crippen molar-refractivity contribution in [3.05, 3.63) is 87.6 Å². The number of nitrogens with one attached hydrogen (secondary N) is 1. The van der Waals surface area contributed by atoms with Gasteiger partial charge in [-0.25, -0.2) is 0 Å². The van der Waals surface area contributed by atoms with Crippen LogP contribution in [0, 0.1) is 6.92 Å². The van der Waals surface area contributed by atoms with E-state index in [4.69, 9.17) is 0 Å². The highest BCUT2D eigenvalue weighted by atomic mass is 32.1. The highest BCUT2D eigenvalue weighted by Crippen LogP contribution is 2.23. The van der Waals surface area contributed by atoms with Gasteiger partial charge in [-0.05, 0) is 44.4 Å². The number of nitrogens with two attached hydrogens (primary N) is 1. The van der Waals surface area contributed by atoms with Crippen LogP contribution in [-0.4, -0.2) is 17.7 Å². The summed E-state index contributed by atoms with van der Waals surface area (Å²) in [4.78, 5) is 25.5. The van der Waals surface area contributed by atoms with Crippen LogP contribution in [0.25, 0.3) is 0 Å². The van der Waals surface area contributed by atoms with Crippen molar-refractivity contribution in [3.8, 4) is 0 Å². The number of amides is 1. The number of aryl methyl sites for hydroxylation is 1. The van der Waals surface area contributed by atoms with E-state index in [9.17, 15) is 9.59 Å². The van der Waals surface area contributed by atoms with Gasteiger partial charge in [-0.3, -0.25) is 9.59 Å². The summed E-state index contributed by atoms with van der Waals surface area (Å²) in [6, 6.07) is 19.4. The van der Waals surface area contributed by atoms with Crippen LogP contribution in [0.2, 0.25) is 0 Å². The first-order chi connectivity index (χ1) is 13.4. The molecular weight excluding hydrogens is 368 g/mol. The average Bonchev–Trinajstić information content (AvgIpc) is 3.21. The number of carbonyl (C=O) groups is 2. The number of benzene rings is 2. The number of ketones is 1. The van der Waals surface area contributed by atoms with E-state index in [2.05, 4.69) is 53.3 Å². The van der Waals surface area contributed by atoms with Gasteiger partial charge < -0.3 is 10.6 Å². The summed E-state index contributed by atoms with van der Waals surface area (Å²) >= 11 is 1.69. The molecular formula is C23H25N2O2S+. The number of hydrogen-bond donors (Lipinski definition) is 2. The number of thiophene rings is 1. The maximum Gasteiger partial charge on any atom is 0.282 e. The first-order valence-electron chi connectivity index (χ1n) is 9.31. The van der Waals surface area contributed by atoms with Crippen LogP contribution in [0.15, 0.2) is 66.0 Å². The number of anilines is 1. The molecule has 28 heavy (non-hydrogen) atoms. The Labute approximate surface area is 169 Å². The van der Waals surface area contributed by atoms with E-state index >= 15 is 0 Å². The fourth-order valence-electron chi connectivity index (χ4n) is 3.06. The predicted octanol–water partition coefficient (Wildman–Crippen LogP) is 3.94. The molecule has 0 aliphatic rings. The highest BCUT2D eigenvalue weighted by molar-refractivity contribution is 7.10. The molecule has 3 N–H and O–H groups in total. The van der Waals surface area contributed by atoms with Crippen molar-refractivity contribution in [1.29, 1.82) is 0 Å². The second-order valence-corrected chi connectivity index (χ2v) is 7.99. The van der Waals surface area contributed by atoms with Crippen LogP contribution in [0.5, 0.6) is 0 Å². The molecule has 0 radical (unpaired) electrons. The van der Waals surface area contributed by atoms with Gasteiger partial charge >= 0.3 is 0 Å². The van der Waals surface area contributed by atoms with E-state index < -0.39 is 0 Å². The summed E-state index contributed by atoms with van der Waals surface area (Å²) in [5, 5.41) is 7.07. The van der Waals surface area contributed by atoms with E-state index in [-0.39, 0.29) is 23.8 Å². The first kappa shape index (κ1) is 20.0. The van der Waals surface area contributed by atoms with Crippen molar-refractivity contribution in [3.63, 3.8) is 0 Å². The number of carbonyl (C=O) groups excluding carboxylic acids is 2. The van der Waals surface area contributed by atoms with Crippen LogP contribution < -0.4 is 10.6 Å². The summed E-state index contributed by atoms with van der Waals surface area (Å²) in [5.74, 6) is -0.109. The third kappa shape index (κ3) is 4.94. The third-order valence-corrected chi connectivity index (χ3v) is 5.67. The molecule has 4 nitrogen and oxygen atoms in total. The van der Waals surface area contributed by atoms with Crippen LogP contribution in [0.1, 0.15) is 46.3 Å². The Bertz CT molecular complexity index is 949. The van der Waals surface area contributed by atoms with E-state index in [1.54, 1.807) is 35.6 Å². The van der Waals surface area contributed by atoms with E-state index in [0.717, 1.165) is 0 Å². The molecule has 2 atom stereocenters. The molecule has 0 saturated carbocycles. The molecule has 2 aromatic carbocycles. The molecule has 0 bridgehead atoms. The number of rotatable bonds is 7. The lowest BCUT2D eigenvalue weighted by Gasteiger charge is -2.19. The molecule has 0 saturated heterocycles. The second kappa shape index (κ2) is 8.95. The molecule has 3 rings (SSSR count). The number of Topliss-reactive ketones (excluding diaryl/α,β-unsaturated/α-hetero) is 1. The standard InChI is InChI=1S/C23H24N2O2S/c1-15-9-11-18(12-10-15)22(21-8-5-13-28-21)24-16(2)23(27)25-20-7-4-6-19(14-20)17(3)26/h4-14,16,22,24H,1-3H3,(H,25,27)/p+1/t16-,22-/m0/s1. The lowest BCUT2D eigenvalue weighted by molar-refractivity contribution is -0.703. The largest absolute Gasteiger partial charge is 0.326 e. The highest BCUT2D eigenvalue weighted by Gasteiger charge is 2.25. The molecule has 0 aliphatic heterocycles. The van der Waals surface area contributed by atoms with Crippen LogP contribution in [0.4, 0.5) is 5.69 Å².